The zero-order valence-electron chi connectivity index (χ0n) is 14.9. The zero-order valence-corrected chi connectivity index (χ0v) is 16.5. The van der Waals surface area contributed by atoms with Crippen molar-refractivity contribution in [3.8, 4) is 11.4 Å². The highest BCUT2D eigenvalue weighted by Gasteiger charge is 2.30. The summed E-state index contributed by atoms with van der Waals surface area (Å²) in [5.41, 5.74) is 3.70. The van der Waals surface area contributed by atoms with Gasteiger partial charge < -0.3 is 10.1 Å². The first-order valence-electron chi connectivity index (χ1n) is 8.48. The Morgan fingerprint density at radius 1 is 1.22 bits per heavy atom. The Morgan fingerprint density at radius 2 is 1.96 bits per heavy atom. The molecule has 2 aromatic carbocycles. The van der Waals surface area contributed by atoms with Gasteiger partial charge in [0.05, 0.1) is 34.5 Å². The molecule has 0 saturated carbocycles. The number of hydrogen-bond donors (Lipinski definition) is 1. The third-order valence-electron chi connectivity index (χ3n) is 4.51. The van der Waals surface area contributed by atoms with Gasteiger partial charge in [-0.05, 0) is 36.8 Å². The van der Waals surface area contributed by atoms with E-state index in [1.807, 2.05) is 55.5 Å². The lowest BCUT2D eigenvalue weighted by atomic mass is 10.0. The van der Waals surface area contributed by atoms with Gasteiger partial charge in [-0.1, -0.05) is 35.9 Å². The van der Waals surface area contributed by atoms with Crippen LogP contribution in [-0.4, -0.2) is 28.6 Å². The molecule has 0 aliphatic carbocycles. The first-order chi connectivity index (χ1) is 13.1. The van der Waals surface area contributed by atoms with E-state index in [9.17, 15) is 4.79 Å². The van der Waals surface area contributed by atoms with E-state index in [1.165, 1.54) is 0 Å². The minimum Gasteiger partial charge on any atom is -0.497 e. The molecule has 3 aromatic rings. The van der Waals surface area contributed by atoms with Crippen LogP contribution in [0.1, 0.15) is 22.1 Å². The van der Waals surface area contributed by atoms with Crippen molar-refractivity contribution in [2.24, 2.45) is 0 Å². The molecule has 0 bridgehead atoms. The van der Waals surface area contributed by atoms with Crippen LogP contribution in [0.3, 0.4) is 0 Å². The lowest BCUT2D eigenvalue weighted by Gasteiger charge is -2.16. The van der Waals surface area contributed by atoms with Crippen LogP contribution in [0, 0.1) is 6.92 Å². The van der Waals surface area contributed by atoms with Gasteiger partial charge in [0, 0.05) is 5.56 Å². The van der Waals surface area contributed by atoms with Gasteiger partial charge in [0.25, 0.3) is 0 Å². The van der Waals surface area contributed by atoms with E-state index in [4.69, 9.17) is 16.3 Å². The molecule has 5 nitrogen and oxygen atoms in total. The van der Waals surface area contributed by atoms with Crippen molar-refractivity contribution in [1.82, 2.24) is 9.78 Å². The molecule has 1 aromatic heterocycles. The Bertz CT molecular complexity index is 1000. The summed E-state index contributed by atoms with van der Waals surface area (Å²) in [6.07, 6.45) is 0. The van der Waals surface area contributed by atoms with Gasteiger partial charge >= 0.3 is 0 Å². The first kappa shape index (κ1) is 17.9. The van der Waals surface area contributed by atoms with E-state index in [2.05, 4.69) is 10.4 Å². The van der Waals surface area contributed by atoms with Gasteiger partial charge in [0.2, 0.25) is 5.91 Å². The molecule has 1 aliphatic heterocycles. The summed E-state index contributed by atoms with van der Waals surface area (Å²) >= 11 is 7.97. The van der Waals surface area contributed by atoms with Crippen molar-refractivity contribution in [2.45, 2.75) is 12.2 Å². The lowest BCUT2D eigenvalue weighted by Crippen LogP contribution is -2.16. The number of nitrogens with zero attached hydrogens (tertiary/aromatic N) is 2. The molecule has 27 heavy (non-hydrogen) atoms. The van der Waals surface area contributed by atoms with E-state index in [1.54, 1.807) is 23.6 Å². The summed E-state index contributed by atoms with van der Waals surface area (Å²) < 4.78 is 6.99. The van der Waals surface area contributed by atoms with E-state index in [0.717, 1.165) is 28.3 Å². The Hall–Kier alpha value is -2.44. The second-order valence-corrected chi connectivity index (χ2v) is 7.72. The number of rotatable bonds is 3. The summed E-state index contributed by atoms with van der Waals surface area (Å²) in [5.74, 6) is 1.80. The van der Waals surface area contributed by atoms with E-state index >= 15 is 0 Å². The van der Waals surface area contributed by atoms with Gasteiger partial charge in [-0.15, -0.1) is 11.8 Å². The molecule has 0 spiro atoms. The number of carbonyl (C=O) groups is 1. The van der Waals surface area contributed by atoms with Crippen molar-refractivity contribution in [2.75, 3.05) is 18.2 Å². The van der Waals surface area contributed by atoms with Crippen molar-refractivity contribution >= 4 is 35.1 Å². The maximum absolute atomic E-state index is 12.4. The van der Waals surface area contributed by atoms with E-state index < -0.39 is 0 Å². The zero-order chi connectivity index (χ0) is 19.0. The minimum atomic E-state index is -0.0505. The molecule has 0 saturated heterocycles. The van der Waals surface area contributed by atoms with Crippen LogP contribution in [0.5, 0.6) is 5.75 Å². The molecule has 1 aliphatic rings. The second kappa shape index (κ2) is 7.29. The number of aromatic nitrogens is 2. The van der Waals surface area contributed by atoms with Gasteiger partial charge in [0.15, 0.2) is 0 Å². The maximum Gasteiger partial charge on any atom is 0.235 e. The average Bonchev–Trinajstić information content (AvgIpc) is 2.88. The topological polar surface area (TPSA) is 56.1 Å². The van der Waals surface area contributed by atoms with Gasteiger partial charge in [-0.3, -0.25) is 4.79 Å². The monoisotopic (exact) mass is 399 g/mol. The number of carbonyl (C=O) groups excluding carboxylic acids is 1. The minimum absolute atomic E-state index is 0.0129. The van der Waals surface area contributed by atoms with Gasteiger partial charge in [-0.25, -0.2) is 4.68 Å². The van der Waals surface area contributed by atoms with Gasteiger partial charge in [-0.2, -0.15) is 5.10 Å². The number of halogens is 1. The Balaban J connectivity index is 1.87. The van der Waals surface area contributed by atoms with Crippen LogP contribution in [0.2, 0.25) is 5.02 Å². The third-order valence-corrected chi connectivity index (χ3v) is 6.10. The van der Waals surface area contributed by atoms with Crippen molar-refractivity contribution < 1.29 is 9.53 Å². The first-order valence-corrected chi connectivity index (χ1v) is 9.91. The molecule has 7 heteroatoms. The highest BCUT2D eigenvalue weighted by atomic mass is 35.5. The summed E-state index contributed by atoms with van der Waals surface area (Å²) in [5, 5.41) is 8.27. The number of amides is 1. The SMILES string of the molecule is COc1ccc([C@H]2SCC(=O)Nc3c2c(C)nn3-c2ccccc2Cl)cc1. The quantitative estimate of drug-likeness (QED) is 0.698. The molecule has 1 atom stereocenters. The fourth-order valence-electron chi connectivity index (χ4n) is 3.22. The molecular formula is C20H18ClN3O2S. The van der Waals surface area contributed by atoms with Gasteiger partial charge in [0.1, 0.15) is 11.6 Å². The fourth-order valence-corrected chi connectivity index (χ4v) is 4.63. The standard InChI is InChI=1S/C20H18ClN3O2S/c1-12-18-19(13-7-9-14(26-2)10-8-13)27-11-17(25)22-20(18)24(23-12)16-6-4-3-5-15(16)21/h3-10,19H,11H2,1-2H3,(H,22,25)/t19-/m1/s1. The normalized spacial score (nSPS) is 16.4. The van der Waals surface area contributed by atoms with Crippen molar-refractivity contribution in [3.63, 3.8) is 0 Å². The number of aryl methyl sites for hydroxylation is 1. The number of para-hydroxylation sites is 1. The van der Waals surface area contributed by atoms with Crippen molar-refractivity contribution in [1.29, 1.82) is 0 Å². The number of ether oxygens (including phenoxy) is 1. The largest absolute Gasteiger partial charge is 0.497 e. The third kappa shape index (κ3) is 3.31. The number of fused-ring (bicyclic) bond motifs is 1. The van der Waals surface area contributed by atoms with Crippen molar-refractivity contribution in [3.05, 3.63) is 70.4 Å². The van der Waals surface area contributed by atoms with Crippen LogP contribution < -0.4 is 10.1 Å². The Labute approximate surface area is 166 Å². The predicted molar refractivity (Wildman–Crippen MR) is 109 cm³/mol. The number of nitrogens with one attached hydrogen (secondary N) is 1. The molecule has 4 rings (SSSR count). The molecular weight excluding hydrogens is 382 g/mol. The molecule has 138 valence electrons. The fraction of sp³-hybridized carbons (Fsp3) is 0.200. The summed E-state index contributed by atoms with van der Waals surface area (Å²) in [7, 11) is 1.65. The smallest absolute Gasteiger partial charge is 0.235 e. The highest BCUT2D eigenvalue weighted by molar-refractivity contribution is 8.00. The molecule has 0 fully saturated rings. The molecule has 1 amide bonds. The van der Waals surface area contributed by atoms with Crippen LogP contribution in [0.25, 0.3) is 5.69 Å². The van der Waals surface area contributed by atoms with Crippen LogP contribution in [0.15, 0.2) is 48.5 Å². The number of benzene rings is 2. The lowest BCUT2D eigenvalue weighted by molar-refractivity contribution is -0.113. The van der Waals surface area contributed by atoms with Crippen LogP contribution in [-0.2, 0) is 4.79 Å². The maximum atomic E-state index is 12.4. The summed E-state index contributed by atoms with van der Waals surface area (Å²) in [4.78, 5) is 12.4. The van der Waals surface area contributed by atoms with E-state index in [0.29, 0.717) is 16.6 Å². The average molecular weight is 400 g/mol. The number of methoxy groups -OCH3 is 1. The predicted octanol–water partition coefficient (Wildman–Crippen LogP) is 4.62. The van der Waals surface area contributed by atoms with Crippen LogP contribution in [0.4, 0.5) is 5.82 Å². The highest BCUT2D eigenvalue weighted by Crippen LogP contribution is 2.44. The summed E-state index contributed by atoms with van der Waals surface area (Å²) in [6, 6.07) is 15.4. The molecule has 1 N–H and O–H groups in total. The Kier molecular flexibility index (Phi) is 4.85. The number of anilines is 1. The molecule has 0 radical (unpaired) electrons. The molecule has 0 unspecified atom stereocenters. The van der Waals surface area contributed by atoms with E-state index in [-0.39, 0.29) is 11.2 Å². The summed E-state index contributed by atoms with van der Waals surface area (Å²) in [6.45, 7) is 1.96. The Morgan fingerprint density at radius 3 is 2.67 bits per heavy atom. The van der Waals surface area contributed by atoms with Crippen LogP contribution >= 0.6 is 23.4 Å². The second-order valence-electron chi connectivity index (χ2n) is 6.22. The number of thioether (sulfide) groups is 1. The molecule has 2 heterocycles. The number of hydrogen-bond acceptors (Lipinski definition) is 4.